The summed E-state index contributed by atoms with van der Waals surface area (Å²) in [5.74, 6) is 0. The molecule has 126 valence electrons. The molecule has 2 fully saturated rings. The molecule has 0 unspecified atom stereocenters. The van der Waals surface area contributed by atoms with E-state index in [1.54, 1.807) is 12.1 Å². The summed E-state index contributed by atoms with van der Waals surface area (Å²) in [5, 5.41) is 2.78. The molecule has 0 aromatic heterocycles. The van der Waals surface area contributed by atoms with Crippen LogP contribution in [0.2, 0.25) is 0 Å². The van der Waals surface area contributed by atoms with Crippen molar-refractivity contribution in [2.75, 3.05) is 13.1 Å². The summed E-state index contributed by atoms with van der Waals surface area (Å²) in [5.41, 5.74) is 0.968. The molecule has 23 heavy (non-hydrogen) atoms. The zero-order valence-electron chi connectivity index (χ0n) is 13.3. The summed E-state index contributed by atoms with van der Waals surface area (Å²) in [6.07, 6.45) is 4.31. The number of hydrogen-bond donors (Lipinski definition) is 2. The Balaban J connectivity index is 1.51. The number of amides is 2. The highest BCUT2D eigenvalue weighted by atomic mass is 32.2. The molecular formula is C16H23N3O3S. The molecule has 2 amide bonds. The molecule has 0 radical (unpaired) electrons. The van der Waals surface area contributed by atoms with E-state index in [1.807, 2.05) is 6.92 Å². The van der Waals surface area contributed by atoms with Crippen molar-refractivity contribution in [1.82, 2.24) is 14.9 Å². The number of benzene rings is 1. The van der Waals surface area contributed by atoms with Gasteiger partial charge in [-0.15, -0.1) is 0 Å². The van der Waals surface area contributed by atoms with Gasteiger partial charge in [0, 0.05) is 25.2 Å². The van der Waals surface area contributed by atoms with Gasteiger partial charge in [0.25, 0.3) is 10.0 Å². The van der Waals surface area contributed by atoms with Crippen molar-refractivity contribution in [2.24, 2.45) is 0 Å². The minimum Gasteiger partial charge on any atom is -0.334 e. The highest BCUT2D eigenvalue weighted by Crippen LogP contribution is 2.29. The van der Waals surface area contributed by atoms with Gasteiger partial charge in [0.1, 0.15) is 0 Å². The van der Waals surface area contributed by atoms with Crippen molar-refractivity contribution in [2.45, 2.75) is 49.6 Å². The Morgan fingerprint density at radius 1 is 1.09 bits per heavy atom. The van der Waals surface area contributed by atoms with Crippen molar-refractivity contribution < 1.29 is 13.2 Å². The lowest BCUT2D eigenvalue weighted by Crippen LogP contribution is -2.49. The zero-order valence-corrected chi connectivity index (χ0v) is 14.1. The highest BCUT2D eigenvalue weighted by molar-refractivity contribution is 7.90. The Kier molecular flexibility index (Phi) is 4.59. The smallest absolute Gasteiger partial charge is 0.328 e. The number of piperidine rings is 1. The van der Waals surface area contributed by atoms with E-state index < -0.39 is 16.1 Å². The lowest BCUT2D eigenvalue weighted by atomic mass is 10.1. The molecule has 1 aliphatic heterocycles. The van der Waals surface area contributed by atoms with Crippen molar-refractivity contribution in [3.63, 3.8) is 0 Å². The molecule has 7 heteroatoms. The topological polar surface area (TPSA) is 78.5 Å². The van der Waals surface area contributed by atoms with Crippen LogP contribution in [-0.2, 0) is 10.0 Å². The minimum atomic E-state index is -3.81. The van der Waals surface area contributed by atoms with Gasteiger partial charge in [-0.25, -0.2) is 17.9 Å². The number of urea groups is 1. The second kappa shape index (κ2) is 6.49. The molecule has 1 aromatic carbocycles. The summed E-state index contributed by atoms with van der Waals surface area (Å²) in [6.45, 7) is 3.82. The number of sulfonamides is 1. The van der Waals surface area contributed by atoms with Crippen LogP contribution in [0.25, 0.3) is 0 Å². The Morgan fingerprint density at radius 3 is 2.26 bits per heavy atom. The van der Waals surface area contributed by atoms with Crippen molar-refractivity contribution >= 4 is 16.1 Å². The first-order valence-corrected chi connectivity index (χ1v) is 9.56. The van der Waals surface area contributed by atoms with Crippen molar-refractivity contribution in [1.29, 1.82) is 0 Å². The third kappa shape index (κ3) is 4.23. The first-order chi connectivity index (χ1) is 10.9. The van der Waals surface area contributed by atoms with Gasteiger partial charge in [0.05, 0.1) is 4.90 Å². The molecule has 0 spiro atoms. The molecule has 1 saturated carbocycles. The zero-order chi connectivity index (χ0) is 16.4. The van der Waals surface area contributed by atoms with Crippen LogP contribution in [0.5, 0.6) is 0 Å². The number of nitrogens with zero attached hydrogens (tertiary/aromatic N) is 1. The van der Waals surface area contributed by atoms with E-state index in [9.17, 15) is 13.2 Å². The fraction of sp³-hybridized carbons (Fsp3) is 0.562. The summed E-state index contributed by atoms with van der Waals surface area (Å²) in [4.78, 5) is 14.5. The normalized spacial score (nSPS) is 20.2. The van der Waals surface area contributed by atoms with E-state index in [1.165, 1.54) is 25.0 Å². The second-order valence-electron chi connectivity index (χ2n) is 6.43. The van der Waals surface area contributed by atoms with E-state index >= 15 is 0 Å². The fourth-order valence-electron chi connectivity index (χ4n) is 2.96. The predicted molar refractivity (Wildman–Crippen MR) is 87.6 cm³/mol. The number of rotatable bonds is 4. The van der Waals surface area contributed by atoms with E-state index in [4.69, 9.17) is 0 Å². The lowest BCUT2D eigenvalue weighted by molar-refractivity contribution is 0.187. The first kappa shape index (κ1) is 16.3. The van der Waals surface area contributed by atoms with Crippen LogP contribution in [0.15, 0.2) is 29.2 Å². The van der Waals surface area contributed by atoms with Crippen LogP contribution < -0.4 is 10.0 Å². The van der Waals surface area contributed by atoms with Gasteiger partial charge in [-0.05, 0) is 44.7 Å². The first-order valence-electron chi connectivity index (χ1n) is 8.08. The average molecular weight is 337 g/mol. The number of carbonyl (C=O) groups excluding carboxylic acids is 1. The van der Waals surface area contributed by atoms with Gasteiger partial charge in [0.15, 0.2) is 0 Å². The molecule has 3 rings (SSSR count). The quantitative estimate of drug-likeness (QED) is 0.875. The molecule has 2 aliphatic rings. The number of nitrogens with one attached hydrogen (secondary N) is 2. The van der Waals surface area contributed by atoms with Crippen LogP contribution in [0.1, 0.15) is 31.2 Å². The number of aryl methyl sites for hydroxylation is 1. The maximum absolute atomic E-state index is 12.2. The Bertz CT molecular complexity index is 660. The molecule has 1 aliphatic carbocycles. The van der Waals surface area contributed by atoms with Gasteiger partial charge < -0.3 is 10.2 Å². The number of likely N-dealkylation sites (tertiary alicyclic amines) is 1. The van der Waals surface area contributed by atoms with Gasteiger partial charge in [-0.1, -0.05) is 17.7 Å². The maximum atomic E-state index is 12.2. The van der Waals surface area contributed by atoms with Gasteiger partial charge in [0.2, 0.25) is 0 Å². The fourth-order valence-corrected chi connectivity index (χ4v) is 3.88. The van der Waals surface area contributed by atoms with Gasteiger partial charge >= 0.3 is 6.03 Å². The van der Waals surface area contributed by atoms with Crippen LogP contribution in [0, 0.1) is 6.92 Å². The van der Waals surface area contributed by atoms with Crippen LogP contribution in [0.3, 0.4) is 0 Å². The van der Waals surface area contributed by atoms with Crippen LogP contribution in [-0.4, -0.2) is 44.5 Å². The monoisotopic (exact) mass is 337 g/mol. The highest BCUT2D eigenvalue weighted by Gasteiger charge is 2.32. The number of carbonyl (C=O) groups is 1. The molecule has 1 saturated heterocycles. The number of hydrogen-bond acceptors (Lipinski definition) is 4. The van der Waals surface area contributed by atoms with Gasteiger partial charge in [-0.2, -0.15) is 0 Å². The predicted octanol–water partition coefficient (Wildman–Crippen LogP) is 1.61. The van der Waals surface area contributed by atoms with E-state index in [0.29, 0.717) is 0 Å². The van der Waals surface area contributed by atoms with E-state index in [2.05, 4.69) is 14.9 Å². The SMILES string of the molecule is Cc1ccc(S(=O)(=O)NC(=O)NC2CCN(C3CC3)CC2)cc1. The largest absolute Gasteiger partial charge is 0.334 e. The Morgan fingerprint density at radius 2 is 1.70 bits per heavy atom. The Labute approximate surface area is 137 Å². The molecular weight excluding hydrogens is 314 g/mol. The molecule has 0 atom stereocenters. The summed E-state index contributed by atoms with van der Waals surface area (Å²) < 4.78 is 26.4. The van der Waals surface area contributed by atoms with Crippen LogP contribution >= 0.6 is 0 Å². The van der Waals surface area contributed by atoms with Crippen molar-refractivity contribution in [3.05, 3.63) is 29.8 Å². The Hall–Kier alpha value is -1.60. The van der Waals surface area contributed by atoms with E-state index in [-0.39, 0.29) is 10.9 Å². The third-order valence-electron chi connectivity index (χ3n) is 4.49. The lowest BCUT2D eigenvalue weighted by Gasteiger charge is -2.32. The maximum Gasteiger partial charge on any atom is 0.328 e. The average Bonchev–Trinajstić information content (AvgIpc) is 3.32. The standard InChI is InChI=1S/C16H23N3O3S/c1-12-2-6-15(7-3-12)23(21,22)18-16(20)17-13-8-10-19(11-9-13)14-4-5-14/h2-3,6-7,13-14H,4-5,8-11H2,1H3,(H2,17,18,20). The summed E-state index contributed by atoms with van der Waals surface area (Å²) >= 11 is 0. The third-order valence-corrected chi connectivity index (χ3v) is 5.83. The summed E-state index contributed by atoms with van der Waals surface area (Å²) in [7, 11) is -3.81. The molecule has 1 heterocycles. The minimum absolute atomic E-state index is 0.0400. The van der Waals surface area contributed by atoms with E-state index in [0.717, 1.165) is 37.5 Å². The molecule has 6 nitrogen and oxygen atoms in total. The van der Waals surface area contributed by atoms with Gasteiger partial charge in [-0.3, -0.25) is 0 Å². The summed E-state index contributed by atoms with van der Waals surface area (Å²) in [6, 6.07) is 6.55. The van der Waals surface area contributed by atoms with Crippen LogP contribution in [0.4, 0.5) is 4.79 Å². The molecule has 2 N–H and O–H groups in total. The van der Waals surface area contributed by atoms with Crippen molar-refractivity contribution in [3.8, 4) is 0 Å². The molecule has 0 bridgehead atoms. The molecule has 1 aromatic rings. The second-order valence-corrected chi connectivity index (χ2v) is 8.12.